The van der Waals surface area contributed by atoms with Gasteiger partial charge in [0.2, 0.25) is 11.8 Å². The third-order valence-corrected chi connectivity index (χ3v) is 3.48. The zero-order chi connectivity index (χ0) is 14.4. The van der Waals surface area contributed by atoms with E-state index in [1.54, 1.807) is 7.05 Å². The molecular formula is C16H20N2O2. The predicted molar refractivity (Wildman–Crippen MR) is 79.3 cm³/mol. The first-order valence-corrected chi connectivity index (χ1v) is 6.94. The lowest BCUT2D eigenvalue weighted by atomic mass is 10.0. The average Bonchev–Trinajstić information content (AvgIpc) is 2.93. The third kappa shape index (κ3) is 3.95. The summed E-state index contributed by atoms with van der Waals surface area (Å²) >= 11 is 0. The van der Waals surface area contributed by atoms with E-state index in [2.05, 4.69) is 22.8 Å². The number of hydrogen-bond donors (Lipinski definition) is 2. The fourth-order valence-corrected chi connectivity index (χ4v) is 2.36. The fraction of sp³-hybridized carbons (Fsp3) is 0.375. The van der Waals surface area contributed by atoms with Crippen LogP contribution in [0.5, 0.6) is 0 Å². The van der Waals surface area contributed by atoms with E-state index in [0.717, 1.165) is 24.1 Å². The van der Waals surface area contributed by atoms with Crippen LogP contribution in [-0.2, 0) is 16.0 Å². The Morgan fingerprint density at radius 3 is 2.75 bits per heavy atom. The van der Waals surface area contributed by atoms with Crippen molar-refractivity contribution in [3.05, 3.63) is 42.0 Å². The lowest BCUT2D eigenvalue weighted by molar-refractivity contribution is -0.120. The van der Waals surface area contributed by atoms with Crippen molar-refractivity contribution < 1.29 is 9.59 Å². The van der Waals surface area contributed by atoms with Gasteiger partial charge in [-0.25, -0.2) is 0 Å². The summed E-state index contributed by atoms with van der Waals surface area (Å²) in [7, 11) is 1.61. The van der Waals surface area contributed by atoms with Gasteiger partial charge in [-0.05, 0) is 30.4 Å². The first kappa shape index (κ1) is 14.3. The second-order valence-electron chi connectivity index (χ2n) is 5.02. The van der Waals surface area contributed by atoms with E-state index in [4.69, 9.17) is 0 Å². The SMILES string of the molecule is CNC(=O)Cc1ccccc1NC(=O)C[C@H]1C=CCC1. The number of anilines is 1. The minimum Gasteiger partial charge on any atom is -0.359 e. The van der Waals surface area contributed by atoms with Gasteiger partial charge in [-0.2, -0.15) is 0 Å². The van der Waals surface area contributed by atoms with E-state index in [9.17, 15) is 9.59 Å². The highest BCUT2D eigenvalue weighted by atomic mass is 16.2. The molecule has 1 aliphatic carbocycles. The largest absolute Gasteiger partial charge is 0.359 e. The number of carbonyl (C=O) groups is 2. The van der Waals surface area contributed by atoms with E-state index in [1.165, 1.54) is 0 Å². The number of hydrogen-bond acceptors (Lipinski definition) is 2. The van der Waals surface area contributed by atoms with Crippen molar-refractivity contribution >= 4 is 17.5 Å². The van der Waals surface area contributed by atoms with Crippen LogP contribution in [0.3, 0.4) is 0 Å². The maximum Gasteiger partial charge on any atom is 0.224 e. The average molecular weight is 272 g/mol. The van der Waals surface area contributed by atoms with Crippen LogP contribution in [0, 0.1) is 5.92 Å². The van der Waals surface area contributed by atoms with Gasteiger partial charge in [0.1, 0.15) is 0 Å². The summed E-state index contributed by atoms with van der Waals surface area (Å²) in [5.74, 6) is 0.289. The van der Waals surface area contributed by atoms with Crippen LogP contribution in [-0.4, -0.2) is 18.9 Å². The summed E-state index contributed by atoms with van der Waals surface area (Å²) in [6.45, 7) is 0. The Kier molecular flexibility index (Phi) is 4.93. The molecule has 0 spiro atoms. The van der Waals surface area contributed by atoms with Crippen LogP contribution < -0.4 is 10.6 Å². The Hall–Kier alpha value is -2.10. The molecule has 0 heterocycles. The van der Waals surface area contributed by atoms with Gasteiger partial charge >= 0.3 is 0 Å². The van der Waals surface area contributed by atoms with Gasteiger partial charge in [-0.1, -0.05) is 30.4 Å². The molecule has 0 aromatic heterocycles. The lowest BCUT2D eigenvalue weighted by Gasteiger charge is -2.12. The zero-order valence-corrected chi connectivity index (χ0v) is 11.7. The summed E-state index contributed by atoms with van der Waals surface area (Å²) in [6.07, 6.45) is 7.12. The monoisotopic (exact) mass is 272 g/mol. The Morgan fingerprint density at radius 1 is 1.25 bits per heavy atom. The summed E-state index contributed by atoms with van der Waals surface area (Å²) in [4.78, 5) is 23.5. The fourth-order valence-electron chi connectivity index (χ4n) is 2.36. The maximum atomic E-state index is 12.0. The van der Waals surface area contributed by atoms with Gasteiger partial charge in [0.05, 0.1) is 6.42 Å². The smallest absolute Gasteiger partial charge is 0.224 e. The van der Waals surface area contributed by atoms with Gasteiger partial charge in [0.15, 0.2) is 0 Å². The molecule has 0 bridgehead atoms. The molecule has 20 heavy (non-hydrogen) atoms. The van der Waals surface area contributed by atoms with Crippen molar-refractivity contribution in [1.29, 1.82) is 0 Å². The van der Waals surface area contributed by atoms with Crippen molar-refractivity contribution in [2.24, 2.45) is 5.92 Å². The summed E-state index contributed by atoms with van der Waals surface area (Å²) in [6, 6.07) is 7.42. The van der Waals surface area contributed by atoms with Crippen molar-refractivity contribution in [3.8, 4) is 0 Å². The van der Waals surface area contributed by atoms with Crippen LogP contribution in [0.15, 0.2) is 36.4 Å². The Bertz CT molecular complexity index is 523. The highest BCUT2D eigenvalue weighted by Gasteiger charge is 2.15. The number of para-hydroxylation sites is 1. The molecule has 0 radical (unpaired) electrons. The molecule has 4 heteroatoms. The number of allylic oxidation sites excluding steroid dienone is 2. The van der Waals surface area contributed by atoms with Gasteiger partial charge in [-0.3, -0.25) is 9.59 Å². The standard InChI is InChI=1S/C16H20N2O2/c1-17-15(19)11-13-8-4-5-9-14(13)18-16(20)10-12-6-2-3-7-12/h2,4-6,8-9,12H,3,7,10-11H2,1H3,(H,17,19)(H,18,20)/t12-/m0/s1. The van der Waals surface area contributed by atoms with E-state index in [1.807, 2.05) is 24.3 Å². The molecule has 2 rings (SSSR count). The molecule has 2 amide bonds. The van der Waals surface area contributed by atoms with Gasteiger partial charge < -0.3 is 10.6 Å². The zero-order valence-electron chi connectivity index (χ0n) is 11.7. The molecule has 1 aliphatic rings. The van der Waals surface area contributed by atoms with Crippen molar-refractivity contribution in [2.45, 2.75) is 25.7 Å². The van der Waals surface area contributed by atoms with E-state index >= 15 is 0 Å². The summed E-state index contributed by atoms with van der Waals surface area (Å²) in [5.41, 5.74) is 1.56. The van der Waals surface area contributed by atoms with Crippen LogP contribution in [0.4, 0.5) is 5.69 Å². The molecule has 0 aliphatic heterocycles. The molecule has 1 aromatic rings. The highest BCUT2D eigenvalue weighted by molar-refractivity contribution is 5.92. The normalized spacial score (nSPS) is 16.9. The second kappa shape index (κ2) is 6.89. The lowest BCUT2D eigenvalue weighted by Crippen LogP contribution is -2.21. The first-order chi connectivity index (χ1) is 9.69. The molecule has 0 fully saturated rings. The molecule has 1 atom stereocenters. The number of benzene rings is 1. The van der Waals surface area contributed by atoms with E-state index < -0.39 is 0 Å². The molecule has 2 N–H and O–H groups in total. The Labute approximate surface area is 119 Å². The first-order valence-electron chi connectivity index (χ1n) is 6.94. The number of nitrogens with one attached hydrogen (secondary N) is 2. The Balaban J connectivity index is 1.99. The Morgan fingerprint density at radius 2 is 2.05 bits per heavy atom. The number of likely N-dealkylation sites (N-methyl/N-ethyl adjacent to an activating group) is 1. The van der Waals surface area contributed by atoms with Crippen molar-refractivity contribution in [2.75, 3.05) is 12.4 Å². The minimum absolute atomic E-state index is 0.00547. The highest BCUT2D eigenvalue weighted by Crippen LogP contribution is 2.22. The predicted octanol–water partition coefficient (Wildman–Crippen LogP) is 2.27. The molecule has 0 saturated heterocycles. The van der Waals surface area contributed by atoms with Gasteiger partial charge in [-0.15, -0.1) is 0 Å². The van der Waals surface area contributed by atoms with Crippen molar-refractivity contribution in [3.63, 3.8) is 0 Å². The third-order valence-electron chi connectivity index (χ3n) is 3.48. The second-order valence-corrected chi connectivity index (χ2v) is 5.02. The number of rotatable bonds is 5. The van der Waals surface area contributed by atoms with Gasteiger partial charge in [0.25, 0.3) is 0 Å². The van der Waals surface area contributed by atoms with Crippen molar-refractivity contribution in [1.82, 2.24) is 5.32 Å². The molecule has 1 aromatic carbocycles. The van der Waals surface area contributed by atoms with Gasteiger partial charge in [0, 0.05) is 19.2 Å². The topological polar surface area (TPSA) is 58.2 Å². The van der Waals surface area contributed by atoms with Crippen LogP contribution in [0.25, 0.3) is 0 Å². The maximum absolute atomic E-state index is 12.0. The molecular weight excluding hydrogens is 252 g/mol. The summed E-state index contributed by atoms with van der Waals surface area (Å²) in [5, 5.41) is 5.51. The summed E-state index contributed by atoms with van der Waals surface area (Å²) < 4.78 is 0. The van der Waals surface area contributed by atoms with Crippen LogP contribution in [0.1, 0.15) is 24.8 Å². The quantitative estimate of drug-likeness (QED) is 0.808. The molecule has 0 unspecified atom stereocenters. The number of carbonyl (C=O) groups excluding carboxylic acids is 2. The van der Waals surface area contributed by atoms with E-state index in [-0.39, 0.29) is 18.2 Å². The van der Waals surface area contributed by atoms with E-state index in [0.29, 0.717) is 12.3 Å². The molecule has 0 saturated carbocycles. The minimum atomic E-state index is -0.0644. The number of amides is 2. The van der Waals surface area contributed by atoms with Crippen LogP contribution in [0.2, 0.25) is 0 Å². The molecule has 106 valence electrons. The molecule has 4 nitrogen and oxygen atoms in total. The van der Waals surface area contributed by atoms with Crippen LogP contribution >= 0.6 is 0 Å².